The molecule has 2 heteroatoms. The minimum Gasteiger partial charge on any atom is -0.497 e. The van der Waals surface area contributed by atoms with Crippen molar-refractivity contribution in [2.24, 2.45) is 0 Å². The van der Waals surface area contributed by atoms with E-state index in [1.807, 2.05) is 18.2 Å². The topological polar surface area (TPSA) is 18.5 Å². The summed E-state index contributed by atoms with van der Waals surface area (Å²) in [6.07, 6.45) is 4.63. The maximum Gasteiger partial charge on any atom is 0.126 e. The highest BCUT2D eigenvalue weighted by atomic mass is 16.5. The first-order valence-electron chi connectivity index (χ1n) is 4.75. The predicted octanol–water partition coefficient (Wildman–Crippen LogP) is 2.88. The Balaban J connectivity index is 2.36. The molecule has 1 aliphatic rings. The molecule has 2 rings (SSSR count). The van der Waals surface area contributed by atoms with Crippen molar-refractivity contribution < 1.29 is 9.47 Å². The second-order valence-corrected chi connectivity index (χ2v) is 3.41. The maximum absolute atomic E-state index is 5.27. The minimum absolute atomic E-state index is 0.873. The molecule has 2 nitrogen and oxygen atoms in total. The number of hydrogen-bond donors (Lipinski definition) is 0. The van der Waals surface area contributed by atoms with Gasteiger partial charge in [0.15, 0.2) is 0 Å². The lowest BCUT2D eigenvalue weighted by atomic mass is 10.1. The maximum atomic E-state index is 5.27. The zero-order valence-electron chi connectivity index (χ0n) is 8.54. The molecule has 0 unspecified atom stereocenters. The first kappa shape index (κ1) is 9.13. The van der Waals surface area contributed by atoms with Crippen LogP contribution in [0.15, 0.2) is 23.8 Å². The van der Waals surface area contributed by atoms with Gasteiger partial charge in [-0.2, -0.15) is 0 Å². The average molecular weight is 190 g/mol. The van der Waals surface area contributed by atoms with Crippen molar-refractivity contribution in [3.8, 4) is 11.5 Å². The summed E-state index contributed by atoms with van der Waals surface area (Å²) >= 11 is 0. The van der Waals surface area contributed by atoms with E-state index in [-0.39, 0.29) is 0 Å². The van der Waals surface area contributed by atoms with E-state index in [0.29, 0.717) is 0 Å². The minimum atomic E-state index is 0.873. The van der Waals surface area contributed by atoms with Gasteiger partial charge in [-0.05, 0) is 31.0 Å². The summed E-state index contributed by atoms with van der Waals surface area (Å²) in [5, 5.41) is 0. The summed E-state index contributed by atoms with van der Waals surface area (Å²) in [4.78, 5) is 0. The zero-order chi connectivity index (χ0) is 9.97. The lowest BCUT2D eigenvalue weighted by Gasteiger charge is -2.06. The largest absolute Gasteiger partial charge is 0.497 e. The molecule has 0 aromatic heterocycles. The van der Waals surface area contributed by atoms with Gasteiger partial charge in [-0.3, -0.25) is 0 Å². The predicted molar refractivity (Wildman–Crippen MR) is 56.8 cm³/mol. The summed E-state index contributed by atoms with van der Waals surface area (Å²) in [5.41, 5.74) is 2.59. The summed E-state index contributed by atoms with van der Waals surface area (Å²) in [6.45, 7) is 0. The normalized spacial score (nSPS) is 13.7. The first-order chi connectivity index (χ1) is 6.83. The zero-order valence-corrected chi connectivity index (χ0v) is 8.54. The van der Waals surface area contributed by atoms with E-state index in [1.54, 1.807) is 14.2 Å². The summed E-state index contributed by atoms with van der Waals surface area (Å²) in [6, 6.07) is 5.85. The van der Waals surface area contributed by atoms with Gasteiger partial charge >= 0.3 is 0 Å². The van der Waals surface area contributed by atoms with Crippen molar-refractivity contribution in [3.63, 3.8) is 0 Å². The summed E-state index contributed by atoms with van der Waals surface area (Å²) < 4.78 is 10.4. The van der Waals surface area contributed by atoms with Gasteiger partial charge in [0.05, 0.1) is 14.2 Å². The highest BCUT2D eigenvalue weighted by Crippen LogP contribution is 2.34. The molecule has 74 valence electrons. The summed E-state index contributed by atoms with van der Waals surface area (Å²) in [5.74, 6) is 1.78. The highest BCUT2D eigenvalue weighted by molar-refractivity contribution is 5.63. The van der Waals surface area contributed by atoms with Crippen molar-refractivity contribution in [2.75, 3.05) is 14.2 Å². The van der Waals surface area contributed by atoms with Gasteiger partial charge in [0.2, 0.25) is 0 Å². The Morgan fingerprint density at radius 1 is 1.14 bits per heavy atom. The van der Waals surface area contributed by atoms with E-state index in [1.165, 1.54) is 18.4 Å². The molecule has 1 aromatic rings. The van der Waals surface area contributed by atoms with E-state index in [2.05, 4.69) is 6.08 Å². The van der Waals surface area contributed by atoms with Crippen LogP contribution in [0.3, 0.4) is 0 Å². The molecule has 1 fully saturated rings. The fourth-order valence-electron chi connectivity index (χ4n) is 1.39. The van der Waals surface area contributed by atoms with Crippen LogP contribution in [0.2, 0.25) is 0 Å². The van der Waals surface area contributed by atoms with E-state index in [4.69, 9.17) is 9.47 Å². The van der Waals surface area contributed by atoms with Crippen LogP contribution in [0.5, 0.6) is 11.5 Å². The van der Waals surface area contributed by atoms with Crippen LogP contribution in [-0.4, -0.2) is 14.2 Å². The van der Waals surface area contributed by atoms with Crippen molar-refractivity contribution >= 4 is 6.08 Å². The van der Waals surface area contributed by atoms with Crippen LogP contribution in [0, 0.1) is 0 Å². The third-order valence-corrected chi connectivity index (χ3v) is 2.34. The molecule has 14 heavy (non-hydrogen) atoms. The molecule has 0 radical (unpaired) electrons. The molecule has 0 aliphatic heterocycles. The van der Waals surface area contributed by atoms with Crippen LogP contribution in [0.4, 0.5) is 0 Å². The van der Waals surface area contributed by atoms with E-state index >= 15 is 0 Å². The number of benzene rings is 1. The van der Waals surface area contributed by atoms with Crippen LogP contribution < -0.4 is 9.47 Å². The lowest BCUT2D eigenvalue weighted by Crippen LogP contribution is -1.89. The molecule has 0 atom stereocenters. The Morgan fingerprint density at radius 2 is 1.93 bits per heavy atom. The number of methoxy groups -OCH3 is 2. The lowest BCUT2D eigenvalue weighted by molar-refractivity contribution is 0.402. The highest BCUT2D eigenvalue weighted by Gasteiger charge is 2.12. The fourth-order valence-corrected chi connectivity index (χ4v) is 1.39. The average Bonchev–Trinajstić information content (AvgIpc) is 3.01. The SMILES string of the molecule is COc1ccc(OC)c(C=C2CC2)c1. The molecule has 0 saturated heterocycles. The standard InChI is InChI=1S/C12H14O2/c1-13-11-5-6-12(14-2)10(8-11)7-9-3-4-9/h5-8H,3-4H2,1-2H3. The fraction of sp³-hybridized carbons (Fsp3) is 0.333. The van der Waals surface area contributed by atoms with Crippen molar-refractivity contribution in [1.29, 1.82) is 0 Å². The smallest absolute Gasteiger partial charge is 0.126 e. The van der Waals surface area contributed by atoms with Gasteiger partial charge in [0, 0.05) is 5.56 Å². The van der Waals surface area contributed by atoms with Gasteiger partial charge in [-0.15, -0.1) is 0 Å². The van der Waals surface area contributed by atoms with E-state index in [0.717, 1.165) is 17.1 Å². The van der Waals surface area contributed by atoms with E-state index in [9.17, 15) is 0 Å². The Hall–Kier alpha value is -1.44. The molecule has 0 spiro atoms. The summed E-state index contributed by atoms with van der Waals surface area (Å²) in [7, 11) is 3.37. The van der Waals surface area contributed by atoms with Gasteiger partial charge in [-0.25, -0.2) is 0 Å². The van der Waals surface area contributed by atoms with Crippen LogP contribution in [0.1, 0.15) is 18.4 Å². The second kappa shape index (κ2) is 3.74. The van der Waals surface area contributed by atoms with Crippen LogP contribution >= 0.6 is 0 Å². The Bertz CT molecular complexity index is 361. The number of hydrogen-bond acceptors (Lipinski definition) is 2. The number of ether oxygens (including phenoxy) is 2. The first-order valence-corrected chi connectivity index (χ1v) is 4.75. The Morgan fingerprint density at radius 3 is 2.50 bits per heavy atom. The van der Waals surface area contributed by atoms with Crippen molar-refractivity contribution in [2.45, 2.75) is 12.8 Å². The third kappa shape index (κ3) is 1.90. The molecule has 1 saturated carbocycles. The molecular weight excluding hydrogens is 176 g/mol. The molecule has 0 N–H and O–H groups in total. The van der Waals surface area contributed by atoms with Gasteiger partial charge < -0.3 is 9.47 Å². The molecule has 1 aromatic carbocycles. The molecule has 0 bridgehead atoms. The van der Waals surface area contributed by atoms with E-state index < -0.39 is 0 Å². The van der Waals surface area contributed by atoms with Crippen molar-refractivity contribution in [3.05, 3.63) is 29.3 Å². The second-order valence-electron chi connectivity index (χ2n) is 3.41. The van der Waals surface area contributed by atoms with Gasteiger partial charge in [0.1, 0.15) is 11.5 Å². The van der Waals surface area contributed by atoms with Crippen molar-refractivity contribution in [1.82, 2.24) is 0 Å². The van der Waals surface area contributed by atoms with Crippen LogP contribution in [0.25, 0.3) is 6.08 Å². The quantitative estimate of drug-likeness (QED) is 0.729. The number of rotatable bonds is 3. The monoisotopic (exact) mass is 190 g/mol. The molecule has 0 heterocycles. The third-order valence-electron chi connectivity index (χ3n) is 2.34. The molecule has 0 amide bonds. The number of allylic oxidation sites excluding steroid dienone is 1. The molecule has 1 aliphatic carbocycles. The van der Waals surface area contributed by atoms with Gasteiger partial charge in [-0.1, -0.05) is 11.6 Å². The van der Waals surface area contributed by atoms with Crippen LogP contribution in [-0.2, 0) is 0 Å². The molecular formula is C12H14O2. The Labute approximate surface area is 84.2 Å². The Kier molecular flexibility index (Phi) is 2.44. The van der Waals surface area contributed by atoms with Gasteiger partial charge in [0.25, 0.3) is 0 Å².